The van der Waals surface area contributed by atoms with E-state index >= 15 is 0 Å². The zero-order chi connectivity index (χ0) is 12.7. The molecule has 0 fully saturated rings. The van der Waals surface area contributed by atoms with Crippen LogP contribution in [0.2, 0.25) is 0 Å². The Bertz CT molecular complexity index is 404. The lowest BCUT2D eigenvalue weighted by Crippen LogP contribution is -2.08. The number of unbranched alkanes of at least 4 members (excludes halogenated alkanes) is 2. The lowest BCUT2D eigenvalue weighted by molar-refractivity contribution is -0.118. The minimum Gasteiger partial charge on any atom is -0.299 e. The molecule has 0 N–H and O–H groups in total. The number of Topliss-reactive ketones (excluding diaryl/α,β-unsaturated/α-hetero) is 2. The van der Waals surface area contributed by atoms with E-state index in [0.717, 1.165) is 31.5 Å². The first kappa shape index (κ1) is 13.5. The lowest BCUT2D eigenvalue weighted by Gasteiger charge is -2.00. The number of rotatable bonds is 7. The van der Waals surface area contributed by atoms with Crippen LogP contribution in [0, 0.1) is 5.82 Å². The molecule has 0 aromatic carbocycles. The predicted molar refractivity (Wildman–Crippen MR) is 62.3 cm³/mol. The molecule has 0 saturated carbocycles. The third kappa shape index (κ3) is 4.85. The van der Waals surface area contributed by atoms with Crippen molar-refractivity contribution in [3.8, 4) is 0 Å². The molecular formula is C13H16FNO2. The van der Waals surface area contributed by atoms with E-state index in [4.69, 9.17) is 0 Å². The molecule has 0 aliphatic carbocycles. The maximum Gasteiger partial charge on any atom is 0.171 e. The Morgan fingerprint density at radius 3 is 2.71 bits per heavy atom. The van der Waals surface area contributed by atoms with Crippen molar-refractivity contribution in [2.75, 3.05) is 0 Å². The Hall–Kier alpha value is -1.58. The average molecular weight is 237 g/mol. The van der Waals surface area contributed by atoms with E-state index in [1.165, 1.54) is 6.20 Å². The highest BCUT2D eigenvalue weighted by atomic mass is 19.1. The molecule has 0 saturated heterocycles. The summed E-state index contributed by atoms with van der Waals surface area (Å²) in [7, 11) is 0. The van der Waals surface area contributed by atoms with Gasteiger partial charge in [-0.2, -0.15) is 0 Å². The average Bonchev–Trinajstić information content (AvgIpc) is 2.29. The van der Waals surface area contributed by atoms with Gasteiger partial charge in [0, 0.05) is 18.2 Å². The van der Waals surface area contributed by atoms with Gasteiger partial charge >= 0.3 is 0 Å². The minimum atomic E-state index is -0.561. The van der Waals surface area contributed by atoms with E-state index in [9.17, 15) is 14.0 Å². The van der Waals surface area contributed by atoms with Crippen LogP contribution in [0.1, 0.15) is 49.4 Å². The van der Waals surface area contributed by atoms with Gasteiger partial charge in [-0.3, -0.25) is 14.6 Å². The molecule has 0 atom stereocenters. The van der Waals surface area contributed by atoms with Gasteiger partial charge in [0.2, 0.25) is 0 Å². The number of hydrogen-bond donors (Lipinski definition) is 0. The van der Waals surface area contributed by atoms with Crippen molar-refractivity contribution in [2.24, 2.45) is 0 Å². The smallest absolute Gasteiger partial charge is 0.171 e. The topological polar surface area (TPSA) is 47.0 Å². The molecule has 0 aliphatic heterocycles. The maximum atomic E-state index is 12.8. The number of aromatic nitrogens is 1. The van der Waals surface area contributed by atoms with Gasteiger partial charge in [-0.15, -0.1) is 0 Å². The van der Waals surface area contributed by atoms with Crippen LogP contribution >= 0.6 is 0 Å². The van der Waals surface area contributed by atoms with Crippen LogP contribution in [0.4, 0.5) is 4.39 Å². The second-order valence-electron chi connectivity index (χ2n) is 3.99. The summed E-state index contributed by atoms with van der Waals surface area (Å²) in [4.78, 5) is 26.6. The van der Waals surface area contributed by atoms with Crippen LogP contribution < -0.4 is 0 Å². The first-order chi connectivity index (χ1) is 8.13. The number of halogens is 1. The fraction of sp³-hybridized carbons (Fsp3) is 0.462. The van der Waals surface area contributed by atoms with Crippen LogP contribution in [0.15, 0.2) is 18.5 Å². The molecule has 1 rings (SSSR count). The summed E-state index contributed by atoms with van der Waals surface area (Å²) in [5.74, 6) is -1.01. The van der Waals surface area contributed by atoms with Crippen LogP contribution in [-0.4, -0.2) is 16.6 Å². The van der Waals surface area contributed by atoms with Crippen molar-refractivity contribution in [3.63, 3.8) is 0 Å². The van der Waals surface area contributed by atoms with Gasteiger partial charge in [0.1, 0.15) is 11.6 Å². The van der Waals surface area contributed by atoms with Crippen LogP contribution in [-0.2, 0) is 4.79 Å². The summed E-state index contributed by atoms with van der Waals surface area (Å²) in [5.41, 5.74) is 0.161. The zero-order valence-electron chi connectivity index (χ0n) is 9.91. The normalized spacial score (nSPS) is 10.2. The standard InChI is InChI=1S/C13H16FNO2/c1-2-3-4-5-12(16)7-13(17)10-6-11(14)9-15-8-10/h6,8-9H,2-5,7H2,1H3. The quantitative estimate of drug-likeness (QED) is 0.416. The van der Waals surface area contributed by atoms with Gasteiger partial charge < -0.3 is 0 Å². The number of carbonyl (C=O) groups is 2. The maximum absolute atomic E-state index is 12.8. The van der Waals surface area contributed by atoms with Gasteiger partial charge in [-0.1, -0.05) is 19.8 Å². The lowest BCUT2D eigenvalue weighted by atomic mass is 10.0. The number of hydrogen-bond acceptors (Lipinski definition) is 3. The first-order valence-corrected chi connectivity index (χ1v) is 5.79. The molecule has 17 heavy (non-hydrogen) atoms. The van der Waals surface area contributed by atoms with E-state index in [0.29, 0.717) is 6.42 Å². The largest absolute Gasteiger partial charge is 0.299 e. The Kier molecular flexibility index (Phi) is 5.46. The third-order valence-corrected chi connectivity index (χ3v) is 2.44. The van der Waals surface area contributed by atoms with E-state index < -0.39 is 5.82 Å². The van der Waals surface area contributed by atoms with Crippen molar-refractivity contribution in [2.45, 2.75) is 39.0 Å². The van der Waals surface area contributed by atoms with Crippen molar-refractivity contribution in [1.29, 1.82) is 0 Å². The van der Waals surface area contributed by atoms with Gasteiger partial charge in [0.05, 0.1) is 12.6 Å². The fourth-order valence-corrected chi connectivity index (χ4v) is 1.51. The highest BCUT2D eigenvalue weighted by Gasteiger charge is 2.12. The number of carbonyl (C=O) groups excluding carboxylic acids is 2. The molecular weight excluding hydrogens is 221 g/mol. The van der Waals surface area contributed by atoms with Crippen molar-refractivity contribution in [1.82, 2.24) is 4.98 Å². The second kappa shape index (κ2) is 6.89. The zero-order valence-corrected chi connectivity index (χ0v) is 9.91. The molecule has 1 aromatic heterocycles. The van der Waals surface area contributed by atoms with Gasteiger partial charge in [-0.05, 0) is 12.5 Å². The molecule has 0 unspecified atom stereocenters. The number of pyridine rings is 1. The fourth-order valence-electron chi connectivity index (χ4n) is 1.51. The Morgan fingerprint density at radius 1 is 1.29 bits per heavy atom. The van der Waals surface area contributed by atoms with Crippen LogP contribution in [0.3, 0.4) is 0 Å². The summed E-state index contributed by atoms with van der Waals surface area (Å²) < 4.78 is 12.8. The van der Waals surface area contributed by atoms with Crippen molar-refractivity contribution >= 4 is 11.6 Å². The van der Waals surface area contributed by atoms with Gasteiger partial charge in [0.15, 0.2) is 5.78 Å². The van der Waals surface area contributed by atoms with Crippen molar-refractivity contribution in [3.05, 3.63) is 29.8 Å². The molecule has 1 heterocycles. The van der Waals surface area contributed by atoms with E-state index in [1.807, 2.05) is 6.92 Å². The van der Waals surface area contributed by atoms with Gasteiger partial charge in [-0.25, -0.2) is 4.39 Å². The van der Waals surface area contributed by atoms with E-state index in [-0.39, 0.29) is 23.6 Å². The summed E-state index contributed by atoms with van der Waals surface area (Å²) >= 11 is 0. The SMILES string of the molecule is CCCCCC(=O)CC(=O)c1cncc(F)c1. The Morgan fingerprint density at radius 2 is 2.06 bits per heavy atom. The molecule has 0 radical (unpaired) electrons. The molecule has 0 bridgehead atoms. The molecule has 0 amide bonds. The summed E-state index contributed by atoms with van der Waals surface area (Å²) in [6.45, 7) is 2.05. The number of ketones is 2. The van der Waals surface area contributed by atoms with E-state index in [1.54, 1.807) is 0 Å². The monoisotopic (exact) mass is 237 g/mol. The van der Waals surface area contributed by atoms with Crippen LogP contribution in [0.5, 0.6) is 0 Å². The Balaban J connectivity index is 2.46. The summed E-state index contributed by atoms with van der Waals surface area (Å²) in [6.07, 6.45) is 5.41. The molecule has 0 aliphatic rings. The first-order valence-electron chi connectivity index (χ1n) is 5.79. The van der Waals surface area contributed by atoms with Gasteiger partial charge in [0.25, 0.3) is 0 Å². The highest BCUT2D eigenvalue weighted by Crippen LogP contribution is 2.08. The second-order valence-corrected chi connectivity index (χ2v) is 3.99. The molecule has 1 aromatic rings. The summed E-state index contributed by atoms with van der Waals surface area (Å²) in [5, 5.41) is 0. The third-order valence-electron chi connectivity index (χ3n) is 2.44. The molecule has 3 nitrogen and oxygen atoms in total. The predicted octanol–water partition coefficient (Wildman–Crippen LogP) is 2.94. The molecule has 0 spiro atoms. The van der Waals surface area contributed by atoms with Crippen LogP contribution in [0.25, 0.3) is 0 Å². The van der Waals surface area contributed by atoms with Crippen molar-refractivity contribution < 1.29 is 14.0 Å². The highest BCUT2D eigenvalue weighted by molar-refractivity contribution is 6.07. The van der Waals surface area contributed by atoms with E-state index in [2.05, 4.69) is 4.98 Å². The minimum absolute atomic E-state index is 0.0901. The molecule has 92 valence electrons. The number of nitrogens with zero attached hydrogens (tertiary/aromatic N) is 1. The summed E-state index contributed by atoms with van der Waals surface area (Å²) in [6, 6.07) is 1.11. The molecule has 4 heteroatoms. The Labute approximate surface area is 100 Å².